The molecule has 1 amide bonds. The number of piperazine rings is 1. The van der Waals surface area contributed by atoms with Crippen molar-refractivity contribution in [3.8, 4) is 0 Å². The van der Waals surface area contributed by atoms with Crippen LogP contribution in [-0.2, 0) is 4.79 Å². The second-order valence-electron chi connectivity index (χ2n) is 4.00. The van der Waals surface area contributed by atoms with E-state index in [0.717, 1.165) is 45.7 Å². The Kier molecular flexibility index (Phi) is 5.65. The number of hydrogen-bond donors (Lipinski definition) is 1. The Balaban J connectivity index is 2.31. The Hall–Kier alpha value is -0.610. The summed E-state index contributed by atoms with van der Waals surface area (Å²) in [5.74, 6) is 0.284. The second-order valence-corrected chi connectivity index (χ2v) is 4.00. The molecule has 1 aliphatic heterocycles. The first-order valence-electron chi connectivity index (χ1n) is 5.98. The maximum atomic E-state index is 11.9. The molecule has 15 heavy (non-hydrogen) atoms. The minimum Gasteiger partial charge on any atom is -0.339 e. The Morgan fingerprint density at radius 1 is 1.33 bits per heavy atom. The van der Waals surface area contributed by atoms with Crippen LogP contribution in [0, 0.1) is 0 Å². The highest BCUT2D eigenvalue weighted by molar-refractivity contribution is 5.78. The van der Waals surface area contributed by atoms with Crippen LogP contribution < -0.4 is 5.32 Å². The van der Waals surface area contributed by atoms with Gasteiger partial charge in [0.15, 0.2) is 0 Å². The lowest BCUT2D eigenvalue weighted by atomic mass is 10.3. The van der Waals surface area contributed by atoms with Crippen molar-refractivity contribution < 1.29 is 4.79 Å². The third kappa shape index (κ3) is 4.18. The molecule has 0 radical (unpaired) electrons. The second kappa shape index (κ2) is 6.80. The molecular formula is C11H23N3O. The molecule has 0 saturated carbocycles. The molecule has 0 spiro atoms. The molecule has 0 atom stereocenters. The number of amides is 1. The molecule has 0 aromatic rings. The van der Waals surface area contributed by atoms with Gasteiger partial charge >= 0.3 is 0 Å². The smallest absolute Gasteiger partial charge is 0.236 e. The first-order valence-corrected chi connectivity index (χ1v) is 5.98. The number of carbonyl (C=O) groups is 1. The van der Waals surface area contributed by atoms with E-state index in [1.807, 2.05) is 4.90 Å². The van der Waals surface area contributed by atoms with Gasteiger partial charge < -0.3 is 10.2 Å². The predicted octanol–water partition coefficient (Wildman–Crippen LogP) is 0.150. The van der Waals surface area contributed by atoms with E-state index in [0.29, 0.717) is 6.54 Å². The summed E-state index contributed by atoms with van der Waals surface area (Å²) in [6.45, 7) is 10.4. The fourth-order valence-electron chi connectivity index (χ4n) is 1.87. The van der Waals surface area contributed by atoms with Crippen molar-refractivity contribution >= 4 is 5.91 Å². The average molecular weight is 213 g/mol. The average Bonchev–Trinajstić information content (AvgIpc) is 2.29. The first kappa shape index (κ1) is 12.5. The highest BCUT2D eigenvalue weighted by atomic mass is 16.2. The summed E-state index contributed by atoms with van der Waals surface area (Å²) in [5.41, 5.74) is 0. The molecule has 4 nitrogen and oxygen atoms in total. The Morgan fingerprint density at radius 3 is 2.53 bits per heavy atom. The SMILES string of the molecule is CCCN(CC)CC(=O)N1CCNCC1. The molecule has 1 fully saturated rings. The molecule has 1 N–H and O–H groups in total. The summed E-state index contributed by atoms with van der Waals surface area (Å²) in [6, 6.07) is 0. The molecule has 0 aromatic carbocycles. The molecule has 88 valence electrons. The summed E-state index contributed by atoms with van der Waals surface area (Å²) in [6.07, 6.45) is 1.11. The third-order valence-electron chi connectivity index (χ3n) is 2.82. The van der Waals surface area contributed by atoms with Gasteiger partial charge in [-0.05, 0) is 19.5 Å². The summed E-state index contributed by atoms with van der Waals surface area (Å²) < 4.78 is 0. The van der Waals surface area contributed by atoms with Crippen molar-refractivity contribution in [1.29, 1.82) is 0 Å². The van der Waals surface area contributed by atoms with Crippen LogP contribution in [0.5, 0.6) is 0 Å². The quantitative estimate of drug-likeness (QED) is 0.706. The molecule has 1 aliphatic rings. The number of likely N-dealkylation sites (N-methyl/N-ethyl adjacent to an activating group) is 1. The van der Waals surface area contributed by atoms with Crippen LogP contribution >= 0.6 is 0 Å². The van der Waals surface area contributed by atoms with Gasteiger partial charge in [-0.2, -0.15) is 0 Å². The lowest BCUT2D eigenvalue weighted by Crippen LogP contribution is -2.49. The van der Waals surface area contributed by atoms with E-state index >= 15 is 0 Å². The number of nitrogens with zero attached hydrogens (tertiary/aromatic N) is 2. The van der Waals surface area contributed by atoms with Gasteiger partial charge in [0, 0.05) is 26.2 Å². The van der Waals surface area contributed by atoms with Crippen LogP contribution in [-0.4, -0.2) is 61.5 Å². The normalized spacial score (nSPS) is 17.1. The summed E-state index contributed by atoms with van der Waals surface area (Å²) in [4.78, 5) is 16.1. The van der Waals surface area contributed by atoms with Crippen LogP contribution in [0.2, 0.25) is 0 Å². The van der Waals surface area contributed by atoms with Gasteiger partial charge in [-0.25, -0.2) is 0 Å². The summed E-state index contributed by atoms with van der Waals surface area (Å²) in [5, 5.41) is 3.25. The number of carbonyl (C=O) groups excluding carboxylic acids is 1. The van der Waals surface area contributed by atoms with Crippen molar-refractivity contribution in [2.24, 2.45) is 0 Å². The van der Waals surface area contributed by atoms with Crippen molar-refractivity contribution in [3.63, 3.8) is 0 Å². The number of nitrogens with one attached hydrogen (secondary N) is 1. The van der Waals surface area contributed by atoms with Gasteiger partial charge in [-0.15, -0.1) is 0 Å². The van der Waals surface area contributed by atoms with E-state index in [2.05, 4.69) is 24.1 Å². The molecular weight excluding hydrogens is 190 g/mol. The van der Waals surface area contributed by atoms with Crippen LogP contribution in [0.1, 0.15) is 20.3 Å². The first-order chi connectivity index (χ1) is 7.27. The highest BCUT2D eigenvalue weighted by Gasteiger charge is 2.17. The van der Waals surface area contributed by atoms with E-state index in [-0.39, 0.29) is 5.91 Å². The monoisotopic (exact) mass is 213 g/mol. The molecule has 1 saturated heterocycles. The van der Waals surface area contributed by atoms with E-state index in [4.69, 9.17) is 0 Å². The van der Waals surface area contributed by atoms with Crippen LogP contribution in [0.4, 0.5) is 0 Å². The molecule has 0 aliphatic carbocycles. The van der Waals surface area contributed by atoms with Crippen molar-refractivity contribution in [2.45, 2.75) is 20.3 Å². The van der Waals surface area contributed by atoms with E-state index < -0.39 is 0 Å². The maximum absolute atomic E-state index is 11.9. The van der Waals surface area contributed by atoms with Crippen molar-refractivity contribution in [3.05, 3.63) is 0 Å². The van der Waals surface area contributed by atoms with Crippen LogP contribution in [0.3, 0.4) is 0 Å². The Labute approximate surface area is 92.6 Å². The molecule has 0 unspecified atom stereocenters. The van der Waals surface area contributed by atoms with Gasteiger partial charge in [-0.1, -0.05) is 13.8 Å². The Morgan fingerprint density at radius 2 is 2.00 bits per heavy atom. The fourth-order valence-corrected chi connectivity index (χ4v) is 1.87. The van der Waals surface area contributed by atoms with Gasteiger partial charge in [-0.3, -0.25) is 9.69 Å². The zero-order valence-electron chi connectivity index (χ0n) is 9.96. The largest absolute Gasteiger partial charge is 0.339 e. The zero-order valence-corrected chi connectivity index (χ0v) is 9.96. The molecule has 1 heterocycles. The highest BCUT2D eigenvalue weighted by Crippen LogP contribution is 1.97. The van der Waals surface area contributed by atoms with E-state index in [1.54, 1.807) is 0 Å². The lowest BCUT2D eigenvalue weighted by Gasteiger charge is -2.29. The predicted molar refractivity (Wildman–Crippen MR) is 61.9 cm³/mol. The summed E-state index contributed by atoms with van der Waals surface area (Å²) >= 11 is 0. The number of hydrogen-bond acceptors (Lipinski definition) is 3. The minimum atomic E-state index is 0.284. The minimum absolute atomic E-state index is 0.284. The summed E-state index contributed by atoms with van der Waals surface area (Å²) in [7, 11) is 0. The van der Waals surface area contributed by atoms with Gasteiger partial charge in [0.05, 0.1) is 6.54 Å². The van der Waals surface area contributed by atoms with Crippen molar-refractivity contribution in [1.82, 2.24) is 15.1 Å². The van der Waals surface area contributed by atoms with Crippen LogP contribution in [0.25, 0.3) is 0 Å². The lowest BCUT2D eigenvalue weighted by molar-refractivity contribution is -0.132. The standard InChI is InChI=1S/C11H23N3O/c1-3-7-13(4-2)10-11(15)14-8-5-12-6-9-14/h12H,3-10H2,1-2H3. The number of rotatable bonds is 5. The maximum Gasteiger partial charge on any atom is 0.236 e. The van der Waals surface area contributed by atoms with Gasteiger partial charge in [0.25, 0.3) is 0 Å². The van der Waals surface area contributed by atoms with Gasteiger partial charge in [0.2, 0.25) is 5.91 Å². The van der Waals surface area contributed by atoms with Crippen molar-refractivity contribution in [2.75, 3.05) is 45.8 Å². The zero-order chi connectivity index (χ0) is 11.1. The fraction of sp³-hybridized carbons (Fsp3) is 0.909. The van der Waals surface area contributed by atoms with E-state index in [9.17, 15) is 4.79 Å². The topological polar surface area (TPSA) is 35.6 Å². The Bertz CT molecular complexity index is 190. The van der Waals surface area contributed by atoms with Crippen LogP contribution in [0.15, 0.2) is 0 Å². The molecule has 4 heteroatoms. The van der Waals surface area contributed by atoms with E-state index in [1.165, 1.54) is 0 Å². The van der Waals surface area contributed by atoms with Gasteiger partial charge in [0.1, 0.15) is 0 Å². The molecule has 1 rings (SSSR count). The molecule has 0 aromatic heterocycles. The molecule has 0 bridgehead atoms. The third-order valence-corrected chi connectivity index (χ3v) is 2.82.